The molecule has 0 aliphatic heterocycles. The SMILES string of the molecule is Cc1ccc(NC(=O)C(NS(=O)(=O)c2ccccc2F)C(C)C)c(Cl)c1. The maximum atomic E-state index is 13.8. The Morgan fingerprint density at radius 3 is 2.38 bits per heavy atom. The lowest BCUT2D eigenvalue weighted by Gasteiger charge is -2.22. The maximum absolute atomic E-state index is 13.8. The van der Waals surface area contributed by atoms with Crippen LogP contribution in [0.3, 0.4) is 0 Å². The van der Waals surface area contributed by atoms with E-state index in [2.05, 4.69) is 10.0 Å². The van der Waals surface area contributed by atoms with Gasteiger partial charge in [-0.25, -0.2) is 12.8 Å². The second-order valence-electron chi connectivity index (χ2n) is 6.25. The molecule has 2 aromatic carbocycles. The minimum absolute atomic E-state index is 0.345. The highest BCUT2D eigenvalue weighted by Crippen LogP contribution is 2.23. The molecule has 0 saturated carbocycles. The highest BCUT2D eigenvalue weighted by molar-refractivity contribution is 7.89. The predicted molar refractivity (Wildman–Crippen MR) is 100 cm³/mol. The van der Waals surface area contributed by atoms with Crippen molar-refractivity contribution in [3.05, 3.63) is 58.9 Å². The van der Waals surface area contributed by atoms with Gasteiger partial charge >= 0.3 is 0 Å². The van der Waals surface area contributed by atoms with E-state index in [9.17, 15) is 17.6 Å². The van der Waals surface area contributed by atoms with Crippen molar-refractivity contribution in [2.24, 2.45) is 5.92 Å². The molecule has 0 aromatic heterocycles. The van der Waals surface area contributed by atoms with Gasteiger partial charge in [0.1, 0.15) is 16.8 Å². The van der Waals surface area contributed by atoms with Crippen molar-refractivity contribution in [2.75, 3.05) is 5.32 Å². The van der Waals surface area contributed by atoms with E-state index in [0.29, 0.717) is 10.7 Å². The van der Waals surface area contributed by atoms with Crippen LogP contribution in [0, 0.1) is 18.7 Å². The van der Waals surface area contributed by atoms with Gasteiger partial charge in [0, 0.05) is 0 Å². The van der Waals surface area contributed by atoms with Crippen molar-refractivity contribution >= 4 is 33.2 Å². The van der Waals surface area contributed by atoms with E-state index in [4.69, 9.17) is 11.6 Å². The Labute approximate surface area is 157 Å². The molecular formula is C18H20ClFN2O3S. The molecule has 0 radical (unpaired) electrons. The van der Waals surface area contributed by atoms with Crippen LogP contribution in [0.2, 0.25) is 5.02 Å². The molecule has 2 aromatic rings. The van der Waals surface area contributed by atoms with E-state index in [-0.39, 0.29) is 5.92 Å². The first-order valence-electron chi connectivity index (χ1n) is 7.95. The normalized spacial score (nSPS) is 12.8. The summed E-state index contributed by atoms with van der Waals surface area (Å²) >= 11 is 6.10. The molecule has 0 heterocycles. The Morgan fingerprint density at radius 2 is 1.81 bits per heavy atom. The first-order chi connectivity index (χ1) is 12.1. The number of carbonyl (C=O) groups excluding carboxylic acids is 1. The molecule has 0 saturated heterocycles. The standard InChI is InChI=1S/C18H20ClFN2O3S/c1-11(2)17(18(23)21-15-9-8-12(3)10-13(15)19)22-26(24,25)16-7-5-4-6-14(16)20/h4-11,17,22H,1-3H3,(H,21,23). The van der Waals surface area contributed by atoms with Crippen LogP contribution in [0.1, 0.15) is 19.4 Å². The Hall–Kier alpha value is -1.96. The zero-order valence-corrected chi connectivity index (χ0v) is 16.2. The van der Waals surface area contributed by atoms with Crippen LogP contribution in [0.15, 0.2) is 47.4 Å². The first-order valence-corrected chi connectivity index (χ1v) is 9.82. The van der Waals surface area contributed by atoms with Crippen molar-refractivity contribution in [1.82, 2.24) is 4.72 Å². The maximum Gasteiger partial charge on any atom is 0.244 e. The van der Waals surface area contributed by atoms with E-state index in [1.54, 1.807) is 32.0 Å². The molecule has 0 fully saturated rings. The summed E-state index contributed by atoms with van der Waals surface area (Å²) < 4.78 is 41.1. The molecule has 0 bridgehead atoms. The molecule has 1 amide bonds. The summed E-state index contributed by atoms with van der Waals surface area (Å²) in [6, 6.07) is 8.99. The third-order valence-corrected chi connectivity index (χ3v) is 5.53. The molecule has 26 heavy (non-hydrogen) atoms. The molecule has 1 atom stereocenters. The number of halogens is 2. The zero-order valence-electron chi connectivity index (χ0n) is 14.6. The summed E-state index contributed by atoms with van der Waals surface area (Å²) in [6.07, 6.45) is 0. The third kappa shape index (κ3) is 4.81. The summed E-state index contributed by atoms with van der Waals surface area (Å²) in [5.74, 6) is -1.84. The molecule has 0 aliphatic rings. The monoisotopic (exact) mass is 398 g/mol. The minimum atomic E-state index is -4.21. The molecule has 5 nitrogen and oxygen atoms in total. The van der Waals surface area contributed by atoms with Gasteiger partial charge in [-0.2, -0.15) is 4.72 Å². The van der Waals surface area contributed by atoms with Crippen LogP contribution in [0.4, 0.5) is 10.1 Å². The Kier molecular flexibility index (Phi) is 6.39. The number of benzene rings is 2. The number of sulfonamides is 1. The van der Waals surface area contributed by atoms with Crippen LogP contribution in [0.5, 0.6) is 0 Å². The molecule has 2 N–H and O–H groups in total. The van der Waals surface area contributed by atoms with Crippen LogP contribution in [-0.4, -0.2) is 20.4 Å². The van der Waals surface area contributed by atoms with Gasteiger partial charge in [0.15, 0.2) is 0 Å². The summed E-state index contributed by atoms with van der Waals surface area (Å²) in [6.45, 7) is 5.23. The number of carbonyl (C=O) groups is 1. The fourth-order valence-electron chi connectivity index (χ4n) is 2.32. The molecule has 8 heteroatoms. The number of nitrogens with one attached hydrogen (secondary N) is 2. The van der Waals surface area contributed by atoms with Crippen molar-refractivity contribution in [2.45, 2.75) is 31.7 Å². The lowest BCUT2D eigenvalue weighted by molar-refractivity contribution is -0.118. The van der Waals surface area contributed by atoms with Crippen LogP contribution in [-0.2, 0) is 14.8 Å². The van der Waals surface area contributed by atoms with Gasteiger partial charge in [-0.15, -0.1) is 0 Å². The second-order valence-corrected chi connectivity index (χ2v) is 8.34. The van der Waals surface area contributed by atoms with Gasteiger partial charge < -0.3 is 5.32 Å². The van der Waals surface area contributed by atoms with Crippen LogP contribution in [0.25, 0.3) is 0 Å². The van der Waals surface area contributed by atoms with Gasteiger partial charge in [-0.3, -0.25) is 4.79 Å². The highest BCUT2D eigenvalue weighted by atomic mass is 35.5. The Balaban J connectivity index is 2.25. The fourth-order valence-corrected chi connectivity index (χ4v) is 4.02. The summed E-state index contributed by atoms with van der Waals surface area (Å²) in [5.41, 5.74) is 1.30. The predicted octanol–water partition coefficient (Wildman–Crippen LogP) is 3.73. The highest BCUT2D eigenvalue weighted by Gasteiger charge is 2.30. The topological polar surface area (TPSA) is 75.3 Å². The van der Waals surface area contributed by atoms with E-state index in [1.165, 1.54) is 12.1 Å². The number of hydrogen-bond donors (Lipinski definition) is 2. The quantitative estimate of drug-likeness (QED) is 0.778. The first kappa shape index (κ1) is 20.4. The molecule has 140 valence electrons. The third-order valence-electron chi connectivity index (χ3n) is 3.74. The van der Waals surface area contributed by atoms with E-state index >= 15 is 0 Å². The lowest BCUT2D eigenvalue weighted by Crippen LogP contribution is -2.47. The largest absolute Gasteiger partial charge is 0.323 e. The zero-order chi connectivity index (χ0) is 19.5. The van der Waals surface area contributed by atoms with Gasteiger partial charge in [-0.05, 0) is 42.7 Å². The number of aryl methyl sites for hydroxylation is 1. The van der Waals surface area contributed by atoms with Crippen LogP contribution < -0.4 is 10.0 Å². The lowest BCUT2D eigenvalue weighted by atomic mass is 10.0. The smallest absolute Gasteiger partial charge is 0.244 e. The van der Waals surface area contributed by atoms with Gasteiger partial charge in [0.05, 0.1) is 10.7 Å². The number of amides is 1. The van der Waals surface area contributed by atoms with Gasteiger partial charge in [-0.1, -0.05) is 43.6 Å². The van der Waals surface area contributed by atoms with Crippen molar-refractivity contribution in [3.63, 3.8) is 0 Å². The molecule has 0 spiro atoms. The van der Waals surface area contributed by atoms with Crippen LogP contribution >= 0.6 is 11.6 Å². The summed E-state index contributed by atoms with van der Waals surface area (Å²) in [4.78, 5) is 12.1. The van der Waals surface area contributed by atoms with Gasteiger partial charge in [0.2, 0.25) is 15.9 Å². The summed E-state index contributed by atoms with van der Waals surface area (Å²) in [7, 11) is -4.21. The van der Waals surface area contributed by atoms with E-state index < -0.39 is 32.7 Å². The number of rotatable bonds is 6. The molecular weight excluding hydrogens is 379 g/mol. The average Bonchev–Trinajstić information content (AvgIpc) is 2.55. The second kappa shape index (κ2) is 8.16. The van der Waals surface area contributed by atoms with Crippen molar-refractivity contribution in [1.29, 1.82) is 0 Å². The minimum Gasteiger partial charge on any atom is -0.323 e. The molecule has 2 rings (SSSR count). The average molecular weight is 399 g/mol. The van der Waals surface area contributed by atoms with Crippen molar-refractivity contribution in [3.8, 4) is 0 Å². The summed E-state index contributed by atoms with van der Waals surface area (Å²) in [5, 5.41) is 2.96. The van der Waals surface area contributed by atoms with E-state index in [0.717, 1.165) is 17.7 Å². The molecule has 0 aliphatic carbocycles. The van der Waals surface area contributed by atoms with Crippen molar-refractivity contribution < 1.29 is 17.6 Å². The Morgan fingerprint density at radius 1 is 1.15 bits per heavy atom. The molecule has 1 unspecified atom stereocenters. The Bertz CT molecular complexity index is 916. The van der Waals surface area contributed by atoms with E-state index in [1.807, 2.05) is 6.92 Å². The fraction of sp³-hybridized carbons (Fsp3) is 0.278. The number of hydrogen-bond acceptors (Lipinski definition) is 3. The number of anilines is 1. The van der Waals surface area contributed by atoms with Gasteiger partial charge in [0.25, 0.3) is 0 Å².